The highest BCUT2D eigenvalue weighted by molar-refractivity contribution is 5.71. The number of hydrogen-bond acceptors (Lipinski definition) is 7. The number of methoxy groups -OCH3 is 1. The van der Waals surface area contributed by atoms with Crippen LogP contribution in [-0.4, -0.2) is 33.1 Å². The number of rotatable bonds is 3. The van der Waals surface area contributed by atoms with Gasteiger partial charge in [-0.3, -0.25) is 9.48 Å². The van der Waals surface area contributed by atoms with Crippen LogP contribution in [0.3, 0.4) is 0 Å². The Bertz CT molecular complexity index is 545. The molecule has 0 aliphatic carbocycles. The van der Waals surface area contributed by atoms with Gasteiger partial charge in [0.05, 0.1) is 12.8 Å². The number of ether oxygens (including phenoxy) is 1. The highest BCUT2D eigenvalue weighted by Gasteiger charge is 2.16. The number of hydrogen-bond donors (Lipinski definition) is 1. The van der Waals surface area contributed by atoms with E-state index in [1.165, 1.54) is 11.8 Å². The summed E-state index contributed by atoms with van der Waals surface area (Å²) in [6.07, 6.45) is 1.55. The highest BCUT2D eigenvalue weighted by atomic mass is 16.5. The van der Waals surface area contributed by atoms with E-state index in [1.54, 1.807) is 13.2 Å². The average Bonchev–Trinajstić information content (AvgIpc) is 2.85. The van der Waals surface area contributed by atoms with Gasteiger partial charge in [-0.25, -0.2) is 0 Å². The van der Waals surface area contributed by atoms with E-state index in [9.17, 15) is 4.79 Å². The molecule has 0 saturated carbocycles. The summed E-state index contributed by atoms with van der Waals surface area (Å²) < 4.78 is 11.3. The van der Waals surface area contributed by atoms with Crippen LogP contribution in [0.4, 0.5) is 5.69 Å². The van der Waals surface area contributed by atoms with E-state index in [0.717, 1.165) is 0 Å². The zero-order valence-electron chi connectivity index (χ0n) is 9.38. The van der Waals surface area contributed by atoms with Gasteiger partial charge in [0.1, 0.15) is 6.42 Å². The molecule has 0 unspecified atom stereocenters. The summed E-state index contributed by atoms with van der Waals surface area (Å²) in [5.74, 6) is -0.104. The molecule has 0 amide bonds. The van der Waals surface area contributed by atoms with Gasteiger partial charge in [-0.05, 0) is 0 Å². The Hall–Kier alpha value is -2.38. The number of nitrogen functional groups attached to an aromatic ring is 1. The van der Waals surface area contributed by atoms with Crippen LogP contribution in [-0.2, 0) is 23.0 Å². The highest BCUT2D eigenvalue weighted by Crippen LogP contribution is 2.22. The Morgan fingerprint density at radius 2 is 2.35 bits per heavy atom. The summed E-state index contributed by atoms with van der Waals surface area (Å²) in [4.78, 5) is 11.0. The van der Waals surface area contributed by atoms with Crippen molar-refractivity contribution in [3.8, 4) is 11.6 Å². The van der Waals surface area contributed by atoms with E-state index in [2.05, 4.69) is 20.0 Å². The topological polar surface area (TPSA) is 109 Å². The van der Waals surface area contributed by atoms with Gasteiger partial charge in [0, 0.05) is 13.2 Å². The third kappa shape index (κ3) is 2.25. The lowest BCUT2D eigenvalue weighted by molar-refractivity contribution is -0.140. The molecule has 0 bridgehead atoms. The van der Waals surface area contributed by atoms with E-state index >= 15 is 0 Å². The Morgan fingerprint density at radius 3 is 2.94 bits per heavy atom. The van der Waals surface area contributed by atoms with E-state index < -0.39 is 5.97 Å². The maximum absolute atomic E-state index is 11.0. The predicted octanol–water partition coefficient (Wildman–Crippen LogP) is -0.232. The third-order valence-corrected chi connectivity index (χ3v) is 2.05. The van der Waals surface area contributed by atoms with Crippen LogP contribution in [0.2, 0.25) is 0 Å². The molecule has 0 atom stereocenters. The molecular weight excluding hydrogens is 226 g/mol. The fourth-order valence-corrected chi connectivity index (χ4v) is 1.29. The van der Waals surface area contributed by atoms with Crippen molar-refractivity contribution in [1.29, 1.82) is 0 Å². The summed E-state index contributed by atoms with van der Waals surface area (Å²) in [5, 5.41) is 11.5. The van der Waals surface area contributed by atoms with E-state index in [0.29, 0.717) is 11.4 Å². The van der Waals surface area contributed by atoms with E-state index in [-0.39, 0.29) is 18.2 Å². The fraction of sp³-hybridized carbons (Fsp3) is 0.333. The molecule has 2 rings (SSSR count). The first-order valence-electron chi connectivity index (χ1n) is 4.79. The van der Waals surface area contributed by atoms with Crippen molar-refractivity contribution in [3.63, 3.8) is 0 Å². The lowest BCUT2D eigenvalue weighted by Crippen LogP contribution is -2.04. The summed E-state index contributed by atoms with van der Waals surface area (Å²) in [5.41, 5.74) is 6.54. The minimum atomic E-state index is -0.450. The summed E-state index contributed by atoms with van der Waals surface area (Å²) in [6, 6.07) is 0. The molecule has 0 radical (unpaired) electrons. The SMILES string of the molecule is COC(=O)Cc1nnc(-c2nn(C)cc2N)o1. The zero-order chi connectivity index (χ0) is 12.4. The first kappa shape index (κ1) is 11.1. The van der Waals surface area contributed by atoms with Crippen LogP contribution >= 0.6 is 0 Å². The lowest BCUT2D eigenvalue weighted by atomic mass is 10.4. The molecule has 8 heteroatoms. The number of aryl methyl sites for hydroxylation is 1. The third-order valence-electron chi connectivity index (χ3n) is 2.05. The molecule has 0 fully saturated rings. The Balaban J connectivity index is 2.24. The van der Waals surface area contributed by atoms with Crippen LogP contribution in [0.5, 0.6) is 0 Å². The minimum Gasteiger partial charge on any atom is -0.469 e. The van der Waals surface area contributed by atoms with Gasteiger partial charge in [-0.15, -0.1) is 10.2 Å². The van der Waals surface area contributed by atoms with Crippen molar-refractivity contribution < 1.29 is 13.9 Å². The number of anilines is 1. The number of esters is 1. The summed E-state index contributed by atoms with van der Waals surface area (Å²) >= 11 is 0. The molecular formula is C9H11N5O3. The maximum atomic E-state index is 11.0. The van der Waals surface area contributed by atoms with Crippen LogP contribution in [0, 0.1) is 0 Å². The molecule has 2 aromatic rings. The van der Waals surface area contributed by atoms with Crippen molar-refractivity contribution in [3.05, 3.63) is 12.1 Å². The molecule has 2 heterocycles. The predicted molar refractivity (Wildman–Crippen MR) is 56.6 cm³/mol. The smallest absolute Gasteiger partial charge is 0.315 e. The quantitative estimate of drug-likeness (QED) is 0.734. The Morgan fingerprint density at radius 1 is 1.59 bits per heavy atom. The summed E-state index contributed by atoms with van der Waals surface area (Å²) in [7, 11) is 3.02. The van der Waals surface area contributed by atoms with Gasteiger partial charge in [0.2, 0.25) is 5.89 Å². The van der Waals surface area contributed by atoms with Gasteiger partial charge >= 0.3 is 5.97 Å². The first-order chi connectivity index (χ1) is 8.10. The van der Waals surface area contributed by atoms with Crippen molar-refractivity contribution in [1.82, 2.24) is 20.0 Å². The van der Waals surface area contributed by atoms with E-state index in [4.69, 9.17) is 10.2 Å². The molecule has 0 aliphatic heterocycles. The number of aromatic nitrogens is 4. The average molecular weight is 237 g/mol. The number of nitrogens with zero attached hydrogens (tertiary/aromatic N) is 4. The second-order valence-electron chi connectivity index (χ2n) is 3.36. The molecule has 0 aliphatic rings. The lowest BCUT2D eigenvalue weighted by Gasteiger charge is -1.92. The van der Waals surface area contributed by atoms with Crippen LogP contribution in [0.25, 0.3) is 11.6 Å². The van der Waals surface area contributed by atoms with Gasteiger partial charge in [0.15, 0.2) is 5.69 Å². The second-order valence-corrected chi connectivity index (χ2v) is 3.36. The van der Waals surface area contributed by atoms with E-state index in [1.807, 2.05) is 0 Å². The maximum Gasteiger partial charge on any atom is 0.315 e. The number of nitrogens with two attached hydrogens (primary N) is 1. The van der Waals surface area contributed by atoms with Crippen LogP contribution < -0.4 is 5.73 Å². The molecule has 2 aromatic heterocycles. The molecule has 2 N–H and O–H groups in total. The fourth-order valence-electron chi connectivity index (χ4n) is 1.29. The van der Waals surface area contributed by atoms with Crippen LogP contribution in [0.1, 0.15) is 5.89 Å². The van der Waals surface area contributed by atoms with Gasteiger partial charge < -0.3 is 14.9 Å². The van der Waals surface area contributed by atoms with Gasteiger partial charge in [0.25, 0.3) is 5.89 Å². The standard InChI is InChI=1S/C9H11N5O3/c1-14-4-5(10)8(13-14)9-12-11-6(17-9)3-7(15)16-2/h4H,3,10H2,1-2H3. The normalized spacial score (nSPS) is 10.5. The zero-order valence-corrected chi connectivity index (χ0v) is 9.38. The molecule has 0 spiro atoms. The summed E-state index contributed by atoms with van der Waals surface area (Å²) in [6.45, 7) is 0. The molecule has 90 valence electrons. The van der Waals surface area contributed by atoms with Gasteiger partial charge in [-0.1, -0.05) is 0 Å². The number of carbonyl (C=O) groups excluding carboxylic acids is 1. The largest absolute Gasteiger partial charge is 0.469 e. The van der Waals surface area contributed by atoms with Crippen LogP contribution in [0.15, 0.2) is 10.6 Å². The molecule has 8 nitrogen and oxygen atoms in total. The van der Waals surface area contributed by atoms with Crippen molar-refractivity contribution in [2.45, 2.75) is 6.42 Å². The second kappa shape index (κ2) is 4.24. The molecule has 0 aromatic carbocycles. The monoisotopic (exact) mass is 237 g/mol. The van der Waals surface area contributed by atoms with Crippen molar-refractivity contribution in [2.24, 2.45) is 7.05 Å². The number of carbonyl (C=O) groups is 1. The van der Waals surface area contributed by atoms with Crippen molar-refractivity contribution in [2.75, 3.05) is 12.8 Å². The first-order valence-corrected chi connectivity index (χ1v) is 4.79. The Labute approximate surface area is 96.4 Å². The molecule has 17 heavy (non-hydrogen) atoms. The minimum absolute atomic E-state index is 0.0732. The van der Waals surface area contributed by atoms with Gasteiger partial charge in [-0.2, -0.15) is 5.10 Å². The Kier molecular flexibility index (Phi) is 2.77. The van der Waals surface area contributed by atoms with Crippen molar-refractivity contribution >= 4 is 11.7 Å². The molecule has 0 saturated heterocycles.